The van der Waals surface area contributed by atoms with Gasteiger partial charge in [-0.25, -0.2) is 4.79 Å². The smallest absolute Gasteiger partial charge is 0.347 e. The zero-order valence-electron chi connectivity index (χ0n) is 11.1. The van der Waals surface area contributed by atoms with Gasteiger partial charge in [0, 0.05) is 0 Å². The van der Waals surface area contributed by atoms with Crippen molar-refractivity contribution in [3.63, 3.8) is 0 Å². The van der Waals surface area contributed by atoms with E-state index in [0.717, 1.165) is 5.56 Å². The van der Waals surface area contributed by atoms with Gasteiger partial charge >= 0.3 is 5.97 Å². The van der Waals surface area contributed by atoms with Gasteiger partial charge < -0.3 is 14.6 Å². The highest BCUT2D eigenvalue weighted by atomic mass is 16.6. The summed E-state index contributed by atoms with van der Waals surface area (Å²) in [6, 6.07) is 7.03. The molecule has 18 heavy (non-hydrogen) atoms. The highest BCUT2D eigenvalue weighted by molar-refractivity contribution is 5.75. The van der Waals surface area contributed by atoms with E-state index in [2.05, 4.69) is 0 Å². The summed E-state index contributed by atoms with van der Waals surface area (Å²) in [6.07, 6.45) is -0.537. The van der Waals surface area contributed by atoms with Gasteiger partial charge in [-0.15, -0.1) is 0 Å². The number of aliphatic hydroxyl groups excluding tert-OH is 1. The first-order valence-electron chi connectivity index (χ1n) is 6.19. The first-order chi connectivity index (χ1) is 8.58. The van der Waals surface area contributed by atoms with Gasteiger partial charge in [0.2, 0.25) is 0 Å². The van der Waals surface area contributed by atoms with Crippen molar-refractivity contribution in [1.29, 1.82) is 0 Å². The van der Waals surface area contributed by atoms with Crippen LogP contribution in [0.15, 0.2) is 24.3 Å². The fourth-order valence-electron chi connectivity index (χ4n) is 1.52. The number of hydrogen-bond acceptors (Lipinski definition) is 4. The van der Waals surface area contributed by atoms with Crippen LogP contribution in [0, 0.1) is 0 Å². The summed E-state index contributed by atoms with van der Waals surface area (Å²) in [5, 5.41) is 9.39. The average Bonchev–Trinajstić information content (AvgIpc) is 2.36. The molecule has 0 fully saturated rings. The van der Waals surface area contributed by atoms with Crippen molar-refractivity contribution < 1.29 is 19.4 Å². The molecule has 0 heterocycles. The zero-order chi connectivity index (χ0) is 13.5. The van der Waals surface area contributed by atoms with Crippen molar-refractivity contribution in [2.24, 2.45) is 0 Å². The molecule has 4 heteroatoms. The SMILES string of the molecule is CCOC(=O)C(CC)Oc1ccc([C@@H](C)O)cc1. The molecule has 1 N–H and O–H groups in total. The van der Waals surface area contributed by atoms with Crippen LogP contribution in [0.1, 0.15) is 38.9 Å². The van der Waals surface area contributed by atoms with Crippen molar-refractivity contribution in [2.75, 3.05) is 6.61 Å². The first kappa shape index (κ1) is 14.5. The number of benzene rings is 1. The average molecular weight is 252 g/mol. The van der Waals surface area contributed by atoms with Crippen LogP contribution in [-0.4, -0.2) is 23.8 Å². The summed E-state index contributed by atoms with van der Waals surface area (Å²) in [7, 11) is 0. The van der Waals surface area contributed by atoms with Gasteiger partial charge in [-0.2, -0.15) is 0 Å². The molecule has 1 unspecified atom stereocenters. The summed E-state index contributed by atoms with van der Waals surface area (Å²) in [5.74, 6) is 0.249. The molecule has 1 rings (SSSR count). The molecular weight excluding hydrogens is 232 g/mol. The lowest BCUT2D eigenvalue weighted by Crippen LogP contribution is -2.28. The van der Waals surface area contributed by atoms with Gasteiger partial charge in [0.15, 0.2) is 6.10 Å². The lowest BCUT2D eigenvalue weighted by Gasteiger charge is -2.16. The van der Waals surface area contributed by atoms with Gasteiger partial charge in [-0.1, -0.05) is 19.1 Å². The van der Waals surface area contributed by atoms with Gasteiger partial charge in [-0.05, 0) is 38.0 Å². The third-order valence-corrected chi connectivity index (χ3v) is 2.56. The zero-order valence-corrected chi connectivity index (χ0v) is 11.1. The molecule has 0 aliphatic heterocycles. The molecule has 0 aliphatic rings. The van der Waals surface area contributed by atoms with Crippen LogP contribution in [0.4, 0.5) is 0 Å². The fraction of sp³-hybridized carbons (Fsp3) is 0.500. The highest BCUT2D eigenvalue weighted by Gasteiger charge is 2.19. The van der Waals surface area contributed by atoms with Crippen LogP contribution >= 0.6 is 0 Å². The molecular formula is C14H20O4. The Kier molecular flexibility index (Phi) is 5.65. The Morgan fingerprint density at radius 2 is 1.89 bits per heavy atom. The molecule has 0 spiro atoms. The minimum absolute atomic E-state index is 0.347. The predicted octanol–water partition coefficient (Wildman–Crippen LogP) is 2.46. The number of hydrogen-bond donors (Lipinski definition) is 1. The second-order valence-electron chi connectivity index (χ2n) is 4.01. The second kappa shape index (κ2) is 7.01. The van der Waals surface area contributed by atoms with E-state index in [1.165, 1.54) is 0 Å². The van der Waals surface area contributed by atoms with E-state index in [1.54, 1.807) is 38.1 Å². The van der Waals surface area contributed by atoms with E-state index in [9.17, 15) is 9.90 Å². The largest absolute Gasteiger partial charge is 0.479 e. The van der Waals surface area contributed by atoms with Crippen LogP contribution in [0.25, 0.3) is 0 Å². The normalized spacial score (nSPS) is 13.8. The maximum absolute atomic E-state index is 11.6. The molecule has 100 valence electrons. The summed E-state index contributed by atoms with van der Waals surface area (Å²) < 4.78 is 10.5. The molecule has 0 bridgehead atoms. The number of aliphatic hydroxyl groups is 1. The van der Waals surface area contributed by atoms with Crippen molar-refractivity contribution in [2.45, 2.75) is 39.4 Å². The summed E-state index contributed by atoms with van der Waals surface area (Å²) in [5.41, 5.74) is 0.812. The van der Waals surface area contributed by atoms with Gasteiger partial charge in [0.25, 0.3) is 0 Å². The molecule has 0 saturated carbocycles. The summed E-state index contributed by atoms with van der Waals surface area (Å²) >= 11 is 0. The van der Waals surface area contributed by atoms with E-state index in [0.29, 0.717) is 18.8 Å². The van der Waals surface area contributed by atoms with Crippen LogP contribution in [0.5, 0.6) is 5.75 Å². The number of ether oxygens (including phenoxy) is 2. The number of rotatable bonds is 6. The van der Waals surface area contributed by atoms with Crippen LogP contribution in [0.2, 0.25) is 0 Å². The Balaban J connectivity index is 2.67. The first-order valence-corrected chi connectivity index (χ1v) is 6.19. The van der Waals surface area contributed by atoms with Gasteiger partial charge in [0.1, 0.15) is 5.75 Å². The molecule has 0 aromatic heterocycles. The van der Waals surface area contributed by atoms with E-state index in [-0.39, 0.29) is 5.97 Å². The van der Waals surface area contributed by atoms with E-state index in [1.807, 2.05) is 6.92 Å². The topological polar surface area (TPSA) is 55.8 Å². The Morgan fingerprint density at radius 3 is 2.33 bits per heavy atom. The minimum Gasteiger partial charge on any atom is -0.479 e. The van der Waals surface area contributed by atoms with Crippen molar-refractivity contribution in [3.8, 4) is 5.75 Å². The van der Waals surface area contributed by atoms with Crippen LogP contribution in [-0.2, 0) is 9.53 Å². The molecule has 4 nitrogen and oxygen atoms in total. The number of carbonyl (C=O) groups excluding carboxylic acids is 1. The summed E-state index contributed by atoms with van der Waals surface area (Å²) in [4.78, 5) is 11.6. The standard InChI is InChI=1S/C14H20O4/c1-4-13(14(16)17-5-2)18-12-8-6-11(7-9-12)10(3)15/h6-10,13,15H,4-5H2,1-3H3/t10-,13?/m1/s1. The Labute approximate surface area is 108 Å². The van der Waals surface area contributed by atoms with Crippen molar-refractivity contribution in [1.82, 2.24) is 0 Å². The third-order valence-electron chi connectivity index (χ3n) is 2.56. The Bertz CT molecular complexity index is 370. The monoisotopic (exact) mass is 252 g/mol. The Morgan fingerprint density at radius 1 is 1.28 bits per heavy atom. The van der Waals surface area contributed by atoms with Crippen LogP contribution in [0.3, 0.4) is 0 Å². The molecule has 1 aromatic rings. The maximum Gasteiger partial charge on any atom is 0.347 e. The third kappa shape index (κ3) is 4.04. The molecule has 0 saturated heterocycles. The molecule has 0 amide bonds. The van der Waals surface area contributed by atoms with Crippen molar-refractivity contribution in [3.05, 3.63) is 29.8 Å². The number of esters is 1. The van der Waals surface area contributed by atoms with Crippen molar-refractivity contribution >= 4 is 5.97 Å². The van der Waals surface area contributed by atoms with Gasteiger partial charge in [-0.3, -0.25) is 0 Å². The second-order valence-corrected chi connectivity index (χ2v) is 4.01. The maximum atomic E-state index is 11.6. The minimum atomic E-state index is -0.581. The summed E-state index contributed by atoms with van der Waals surface area (Å²) in [6.45, 7) is 5.68. The van der Waals surface area contributed by atoms with Gasteiger partial charge in [0.05, 0.1) is 12.7 Å². The Hall–Kier alpha value is -1.55. The molecule has 0 aliphatic carbocycles. The highest BCUT2D eigenvalue weighted by Crippen LogP contribution is 2.19. The van der Waals surface area contributed by atoms with Crippen LogP contribution < -0.4 is 4.74 Å². The predicted molar refractivity (Wildman–Crippen MR) is 68.4 cm³/mol. The molecule has 2 atom stereocenters. The lowest BCUT2D eigenvalue weighted by molar-refractivity contribution is -0.151. The lowest BCUT2D eigenvalue weighted by atomic mass is 10.1. The van der Waals surface area contributed by atoms with E-state index >= 15 is 0 Å². The number of carbonyl (C=O) groups is 1. The molecule has 0 radical (unpaired) electrons. The van der Waals surface area contributed by atoms with E-state index < -0.39 is 12.2 Å². The molecule has 1 aromatic carbocycles. The van der Waals surface area contributed by atoms with E-state index in [4.69, 9.17) is 9.47 Å². The quantitative estimate of drug-likeness (QED) is 0.790. The fourth-order valence-corrected chi connectivity index (χ4v) is 1.52.